The number of nitrogens with one attached hydrogen (secondary N) is 1. The lowest BCUT2D eigenvalue weighted by atomic mass is 10.0. The number of aliphatic carboxylic acids is 1. The molecule has 0 saturated carbocycles. The van der Waals surface area contributed by atoms with Crippen LogP contribution >= 0.6 is 11.5 Å². The predicted octanol–water partition coefficient (Wildman–Crippen LogP) is 4.19. The zero-order chi connectivity index (χ0) is 22.0. The molecule has 7 nitrogen and oxygen atoms in total. The summed E-state index contributed by atoms with van der Waals surface area (Å²) in [6.45, 7) is 3.78. The topological polar surface area (TPSA) is 108 Å². The van der Waals surface area contributed by atoms with Crippen LogP contribution in [0.1, 0.15) is 43.0 Å². The fourth-order valence-electron chi connectivity index (χ4n) is 3.84. The summed E-state index contributed by atoms with van der Waals surface area (Å²) < 4.78 is 10.3. The number of nitrogens with zero attached hydrogens (tertiary/aromatic N) is 3. The Morgan fingerprint density at radius 1 is 1.39 bits per heavy atom. The summed E-state index contributed by atoms with van der Waals surface area (Å²) in [4.78, 5) is 15.6. The molecule has 1 aromatic heterocycles. The summed E-state index contributed by atoms with van der Waals surface area (Å²) in [6.07, 6.45) is 1.68. The Hall–Kier alpha value is -3.28. The molecule has 0 fully saturated rings. The molecule has 2 N–H and O–H groups in total. The van der Waals surface area contributed by atoms with Gasteiger partial charge in [0.15, 0.2) is 5.82 Å². The first kappa shape index (κ1) is 21.0. The molecule has 1 aliphatic carbocycles. The number of aromatic nitrogens is 2. The zero-order valence-electron chi connectivity index (χ0n) is 17.3. The van der Waals surface area contributed by atoms with Gasteiger partial charge in [-0.05, 0) is 67.5 Å². The van der Waals surface area contributed by atoms with Crippen molar-refractivity contribution in [1.29, 1.82) is 5.26 Å². The van der Waals surface area contributed by atoms with E-state index in [1.54, 1.807) is 12.1 Å². The third kappa shape index (κ3) is 4.43. The van der Waals surface area contributed by atoms with Gasteiger partial charge < -0.3 is 15.2 Å². The minimum Gasteiger partial charge on any atom is -0.490 e. The molecule has 1 aliphatic rings. The van der Waals surface area contributed by atoms with E-state index in [0.717, 1.165) is 40.1 Å². The van der Waals surface area contributed by atoms with Crippen LogP contribution in [0.4, 0.5) is 0 Å². The normalized spacial score (nSPS) is 15.0. The summed E-state index contributed by atoms with van der Waals surface area (Å²) in [5.41, 5.74) is 4.53. The largest absolute Gasteiger partial charge is 0.490 e. The van der Waals surface area contributed by atoms with Gasteiger partial charge in [-0.1, -0.05) is 18.2 Å². The Kier molecular flexibility index (Phi) is 5.98. The lowest BCUT2D eigenvalue weighted by Gasteiger charge is -2.13. The molecular weight excluding hydrogens is 412 g/mol. The van der Waals surface area contributed by atoms with Gasteiger partial charge in [-0.3, -0.25) is 4.79 Å². The predicted molar refractivity (Wildman–Crippen MR) is 118 cm³/mol. The van der Waals surface area contributed by atoms with Gasteiger partial charge in [-0.15, -0.1) is 0 Å². The maximum Gasteiger partial charge on any atom is 0.317 e. The number of rotatable bonds is 7. The lowest BCUT2D eigenvalue weighted by Crippen LogP contribution is -2.25. The average molecular weight is 435 g/mol. The van der Waals surface area contributed by atoms with Crippen molar-refractivity contribution >= 4 is 17.5 Å². The van der Waals surface area contributed by atoms with Crippen LogP contribution in [0.25, 0.3) is 22.0 Å². The molecule has 0 aliphatic heterocycles. The monoisotopic (exact) mass is 434 g/mol. The molecule has 31 heavy (non-hydrogen) atoms. The molecule has 158 valence electrons. The molecule has 1 atom stereocenters. The molecule has 0 amide bonds. The highest BCUT2D eigenvalue weighted by molar-refractivity contribution is 7.09. The van der Waals surface area contributed by atoms with Gasteiger partial charge in [0.25, 0.3) is 0 Å². The first-order chi connectivity index (χ1) is 15.0. The SMILES string of the molecule is CC(C)Oc1ccc(-c2nc(-c3cccc4c3CCC4NCC(=O)O)ns2)cc1C#N. The van der Waals surface area contributed by atoms with Crippen molar-refractivity contribution in [3.05, 3.63) is 53.1 Å². The van der Waals surface area contributed by atoms with Crippen molar-refractivity contribution in [2.24, 2.45) is 0 Å². The van der Waals surface area contributed by atoms with Crippen molar-refractivity contribution in [2.75, 3.05) is 6.54 Å². The molecule has 0 bridgehead atoms. The van der Waals surface area contributed by atoms with E-state index in [1.165, 1.54) is 11.5 Å². The van der Waals surface area contributed by atoms with Crippen molar-refractivity contribution in [3.8, 4) is 33.8 Å². The molecule has 2 aromatic carbocycles. The Bertz CT molecular complexity index is 1170. The minimum atomic E-state index is -0.864. The number of nitriles is 1. The van der Waals surface area contributed by atoms with Crippen LogP contribution < -0.4 is 10.1 Å². The molecule has 3 aromatic rings. The second kappa shape index (κ2) is 8.84. The molecule has 0 radical (unpaired) electrons. The smallest absolute Gasteiger partial charge is 0.317 e. The first-order valence-corrected chi connectivity index (χ1v) is 10.9. The molecule has 0 spiro atoms. The van der Waals surface area contributed by atoms with Gasteiger partial charge in [-0.25, -0.2) is 4.98 Å². The summed E-state index contributed by atoms with van der Waals surface area (Å²) in [7, 11) is 0. The second-order valence-corrected chi connectivity index (χ2v) is 8.40. The molecule has 1 heterocycles. The van der Waals surface area contributed by atoms with Crippen LogP contribution in [0.5, 0.6) is 5.75 Å². The number of carboxylic acids is 1. The number of carboxylic acid groups (broad SMARTS) is 1. The van der Waals surface area contributed by atoms with Crippen LogP contribution in [-0.4, -0.2) is 33.1 Å². The summed E-state index contributed by atoms with van der Waals surface area (Å²) >= 11 is 1.29. The maximum absolute atomic E-state index is 10.9. The van der Waals surface area contributed by atoms with Crippen molar-refractivity contribution in [3.63, 3.8) is 0 Å². The average Bonchev–Trinajstić information content (AvgIpc) is 3.39. The van der Waals surface area contributed by atoms with Gasteiger partial charge in [-0.2, -0.15) is 9.64 Å². The van der Waals surface area contributed by atoms with Gasteiger partial charge in [0.05, 0.1) is 18.2 Å². The number of hydrogen-bond donors (Lipinski definition) is 2. The highest BCUT2D eigenvalue weighted by atomic mass is 32.1. The van der Waals surface area contributed by atoms with Gasteiger partial charge in [0.2, 0.25) is 0 Å². The Morgan fingerprint density at radius 2 is 2.23 bits per heavy atom. The van der Waals surface area contributed by atoms with Crippen LogP contribution in [0, 0.1) is 11.3 Å². The van der Waals surface area contributed by atoms with Crippen LogP contribution in [-0.2, 0) is 11.2 Å². The number of benzene rings is 2. The van der Waals surface area contributed by atoms with Gasteiger partial charge in [0, 0.05) is 17.2 Å². The van der Waals surface area contributed by atoms with E-state index in [4.69, 9.17) is 14.8 Å². The first-order valence-electron chi connectivity index (χ1n) is 10.1. The third-order valence-electron chi connectivity index (χ3n) is 5.15. The Labute approximate surface area is 184 Å². The fourth-order valence-corrected chi connectivity index (χ4v) is 4.52. The molecule has 8 heteroatoms. The van der Waals surface area contributed by atoms with E-state index >= 15 is 0 Å². The summed E-state index contributed by atoms with van der Waals surface area (Å²) in [6, 6.07) is 13.7. The van der Waals surface area contributed by atoms with Gasteiger partial charge in [0.1, 0.15) is 16.8 Å². The molecule has 1 unspecified atom stereocenters. The number of ether oxygens (including phenoxy) is 1. The molecular formula is C23H22N4O3S. The summed E-state index contributed by atoms with van der Waals surface area (Å²) in [5.74, 6) is 0.348. The van der Waals surface area contributed by atoms with Crippen molar-refractivity contribution < 1.29 is 14.6 Å². The lowest BCUT2D eigenvalue weighted by molar-refractivity contribution is -0.136. The van der Waals surface area contributed by atoms with Gasteiger partial charge >= 0.3 is 5.97 Å². The van der Waals surface area contributed by atoms with E-state index in [1.807, 2.05) is 38.1 Å². The van der Waals surface area contributed by atoms with Crippen LogP contribution in [0.2, 0.25) is 0 Å². The minimum absolute atomic E-state index is 0.0138. The number of fused-ring (bicyclic) bond motifs is 1. The second-order valence-electron chi connectivity index (χ2n) is 7.65. The highest BCUT2D eigenvalue weighted by Crippen LogP contribution is 2.38. The zero-order valence-corrected chi connectivity index (χ0v) is 18.1. The Morgan fingerprint density at radius 3 is 2.97 bits per heavy atom. The van der Waals surface area contributed by atoms with Crippen molar-refractivity contribution in [1.82, 2.24) is 14.7 Å². The van der Waals surface area contributed by atoms with Crippen LogP contribution in [0.3, 0.4) is 0 Å². The fraction of sp³-hybridized carbons (Fsp3) is 0.304. The van der Waals surface area contributed by atoms with E-state index < -0.39 is 5.97 Å². The maximum atomic E-state index is 10.9. The summed E-state index contributed by atoms with van der Waals surface area (Å²) in [5, 5.41) is 22.3. The standard InChI is InChI=1S/C23H22N4O3S/c1-13(2)30-20-9-6-14(10-15(20)11-24)23-26-22(27-31-23)18-5-3-4-17-16(18)7-8-19(17)25-12-21(28)29/h3-6,9-10,13,19,25H,7-8,12H2,1-2H3,(H,28,29). The van der Waals surface area contributed by atoms with E-state index in [0.29, 0.717) is 17.1 Å². The molecule has 0 saturated heterocycles. The number of hydrogen-bond acceptors (Lipinski definition) is 7. The van der Waals surface area contributed by atoms with Crippen LogP contribution in [0.15, 0.2) is 36.4 Å². The quantitative estimate of drug-likeness (QED) is 0.574. The Balaban J connectivity index is 1.62. The van der Waals surface area contributed by atoms with E-state index in [2.05, 4.69) is 15.8 Å². The molecule has 4 rings (SSSR count). The van der Waals surface area contributed by atoms with E-state index in [9.17, 15) is 10.1 Å². The van der Waals surface area contributed by atoms with E-state index in [-0.39, 0.29) is 18.7 Å². The highest BCUT2D eigenvalue weighted by Gasteiger charge is 2.26. The van der Waals surface area contributed by atoms with Crippen molar-refractivity contribution in [2.45, 2.75) is 38.8 Å². The third-order valence-corrected chi connectivity index (χ3v) is 5.91. The number of carbonyl (C=O) groups is 1.